The van der Waals surface area contributed by atoms with Crippen molar-refractivity contribution < 1.29 is 4.52 Å². The van der Waals surface area contributed by atoms with Crippen molar-refractivity contribution in [1.82, 2.24) is 5.16 Å². The fraction of sp³-hybridized carbons (Fsp3) is 0.625. The molecule has 2 nitrogen and oxygen atoms in total. The van der Waals surface area contributed by atoms with E-state index in [1.807, 2.05) is 6.07 Å². The Balaban J connectivity index is 2.68. The van der Waals surface area contributed by atoms with Gasteiger partial charge in [-0.25, -0.2) is 0 Å². The largest absolute Gasteiger partial charge is 0.361 e. The van der Waals surface area contributed by atoms with Crippen LogP contribution in [-0.2, 0) is 0 Å². The molecular weight excluding hydrogens is 126 g/mol. The summed E-state index contributed by atoms with van der Waals surface area (Å²) in [5.41, 5.74) is 0. The highest BCUT2D eigenvalue weighted by Gasteiger charge is 2.12. The highest BCUT2D eigenvalue weighted by molar-refractivity contribution is 5.00. The summed E-state index contributed by atoms with van der Waals surface area (Å²) in [6, 6.07) is 1.92. The molecule has 0 saturated heterocycles. The molecule has 0 aliphatic rings. The lowest BCUT2D eigenvalue weighted by Gasteiger charge is -2.10. The SMILES string of the molecule is CC(C)C(C)c1ccno1. The van der Waals surface area contributed by atoms with E-state index in [0.29, 0.717) is 11.8 Å². The van der Waals surface area contributed by atoms with Crippen LogP contribution >= 0.6 is 0 Å². The average molecular weight is 139 g/mol. The molecular formula is C8H13NO. The van der Waals surface area contributed by atoms with Crippen molar-refractivity contribution in [2.24, 2.45) is 5.92 Å². The summed E-state index contributed by atoms with van der Waals surface area (Å²) >= 11 is 0. The number of hydrogen-bond donors (Lipinski definition) is 0. The first-order valence-corrected chi connectivity index (χ1v) is 3.62. The average Bonchev–Trinajstić information content (AvgIpc) is 2.36. The number of hydrogen-bond acceptors (Lipinski definition) is 2. The van der Waals surface area contributed by atoms with Crippen molar-refractivity contribution in [1.29, 1.82) is 0 Å². The van der Waals surface area contributed by atoms with Crippen molar-refractivity contribution >= 4 is 0 Å². The van der Waals surface area contributed by atoms with Crippen LogP contribution in [0.25, 0.3) is 0 Å². The summed E-state index contributed by atoms with van der Waals surface area (Å²) in [4.78, 5) is 0. The second kappa shape index (κ2) is 2.86. The molecule has 1 aromatic rings. The molecule has 0 amide bonds. The Labute approximate surface area is 61.2 Å². The van der Waals surface area contributed by atoms with Crippen LogP contribution in [0, 0.1) is 5.92 Å². The number of aromatic nitrogens is 1. The van der Waals surface area contributed by atoms with Crippen LogP contribution < -0.4 is 0 Å². The Morgan fingerprint density at radius 3 is 2.50 bits per heavy atom. The molecule has 1 heterocycles. The van der Waals surface area contributed by atoms with Gasteiger partial charge < -0.3 is 4.52 Å². The van der Waals surface area contributed by atoms with Crippen LogP contribution in [0.2, 0.25) is 0 Å². The maximum absolute atomic E-state index is 5.01. The molecule has 0 fully saturated rings. The van der Waals surface area contributed by atoms with Gasteiger partial charge in [-0.15, -0.1) is 0 Å². The lowest BCUT2D eigenvalue weighted by atomic mass is 9.96. The Morgan fingerprint density at radius 1 is 1.40 bits per heavy atom. The summed E-state index contributed by atoms with van der Waals surface area (Å²) in [6.07, 6.45) is 1.69. The lowest BCUT2D eigenvalue weighted by Crippen LogP contribution is -1.99. The first-order valence-electron chi connectivity index (χ1n) is 3.62. The molecule has 10 heavy (non-hydrogen) atoms. The third kappa shape index (κ3) is 1.38. The van der Waals surface area contributed by atoms with Crippen molar-refractivity contribution in [3.8, 4) is 0 Å². The molecule has 1 atom stereocenters. The fourth-order valence-corrected chi connectivity index (χ4v) is 0.789. The van der Waals surface area contributed by atoms with Crippen LogP contribution in [-0.4, -0.2) is 5.16 Å². The van der Waals surface area contributed by atoms with Gasteiger partial charge in [0.05, 0.1) is 6.20 Å². The molecule has 0 aromatic carbocycles. The number of rotatable bonds is 2. The van der Waals surface area contributed by atoms with Gasteiger partial charge in [-0.05, 0) is 5.92 Å². The van der Waals surface area contributed by atoms with Gasteiger partial charge >= 0.3 is 0 Å². The molecule has 0 N–H and O–H groups in total. The molecule has 0 bridgehead atoms. The summed E-state index contributed by atoms with van der Waals surface area (Å²) in [5, 5.41) is 3.65. The van der Waals surface area contributed by atoms with Crippen LogP contribution in [0.15, 0.2) is 16.8 Å². The van der Waals surface area contributed by atoms with Gasteiger partial charge in [0.1, 0.15) is 5.76 Å². The molecule has 56 valence electrons. The predicted molar refractivity (Wildman–Crippen MR) is 39.8 cm³/mol. The number of nitrogens with zero attached hydrogens (tertiary/aromatic N) is 1. The zero-order chi connectivity index (χ0) is 7.56. The third-order valence-corrected chi connectivity index (χ3v) is 1.91. The molecule has 0 saturated carbocycles. The maximum atomic E-state index is 5.01. The molecule has 0 aliphatic carbocycles. The van der Waals surface area contributed by atoms with E-state index in [1.54, 1.807) is 6.20 Å². The molecule has 1 aromatic heterocycles. The summed E-state index contributed by atoms with van der Waals surface area (Å²) in [5.74, 6) is 2.07. The van der Waals surface area contributed by atoms with Gasteiger partial charge in [0.2, 0.25) is 0 Å². The zero-order valence-corrected chi connectivity index (χ0v) is 6.66. The van der Waals surface area contributed by atoms with Crippen molar-refractivity contribution in [3.63, 3.8) is 0 Å². The Bertz CT molecular complexity index is 179. The van der Waals surface area contributed by atoms with E-state index in [2.05, 4.69) is 25.9 Å². The van der Waals surface area contributed by atoms with Crippen molar-refractivity contribution in [2.75, 3.05) is 0 Å². The van der Waals surface area contributed by atoms with E-state index in [0.717, 1.165) is 5.76 Å². The second-order valence-corrected chi connectivity index (χ2v) is 2.95. The van der Waals surface area contributed by atoms with Crippen LogP contribution in [0.4, 0.5) is 0 Å². The van der Waals surface area contributed by atoms with Crippen LogP contribution in [0.5, 0.6) is 0 Å². The zero-order valence-electron chi connectivity index (χ0n) is 6.66. The smallest absolute Gasteiger partial charge is 0.139 e. The predicted octanol–water partition coefficient (Wildman–Crippen LogP) is 2.43. The summed E-state index contributed by atoms with van der Waals surface area (Å²) in [6.45, 7) is 6.49. The second-order valence-electron chi connectivity index (χ2n) is 2.95. The molecule has 2 heteroatoms. The summed E-state index contributed by atoms with van der Waals surface area (Å²) in [7, 11) is 0. The highest BCUT2D eigenvalue weighted by atomic mass is 16.5. The van der Waals surface area contributed by atoms with Gasteiger partial charge in [-0.1, -0.05) is 25.9 Å². The first kappa shape index (κ1) is 7.32. The third-order valence-electron chi connectivity index (χ3n) is 1.91. The van der Waals surface area contributed by atoms with Gasteiger partial charge in [-0.3, -0.25) is 0 Å². The van der Waals surface area contributed by atoms with Crippen molar-refractivity contribution in [3.05, 3.63) is 18.0 Å². The van der Waals surface area contributed by atoms with E-state index >= 15 is 0 Å². The van der Waals surface area contributed by atoms with Gasteiger partial charge in [-0.2, -0.15) is 0 Å². The van der Waals surface area contributed by atoms with Gasteiger partial charge in [0, 0.05) is 12.0 Å². The van der Waals surface area contributed by atoms with E-state index in [1.165, 1.54) is 0 Å². The molecule has 0 radical (unpaired) electrons. The minimum atomic E-state index is 0.475. The topological polar surface area (TPSA) is 26.0 Å². The normalized spacial score (nSPS) is 14.0. The van der Waals surface area contributed by atoms with Gasteiger partial charge in [0.25, 0.3) is 0 Å². The Kier molecular flexibility index (Phi) is 2.10. The molecule has 1 unspecified atom stereocenters. The Hall–Kier alpha value is -0.790. The first-order chi connectivity index (χ1) is 4.72. The van der Waals surface area contributed by atoms with E-state index in [9.17, 15) is 0 Å². The maximum Gasteiger partial charge on any atom is 0.139 e. The minimum absolute atomic E-state index is 0.475. The minimum Gasteiger partial charge on any atom is -0.361 e. The van der Waals surface area contributed by atoms with Crippen molar-refractivity contribution in [2.45, 2.75) is 26.7 Å². The van der Waals surface area contributed by atoms with Crippen LogP contribution in [0.1, 0.15) is 32.4 Å². The van der Waals surface area contributed by atoms with E-state index in [-0.39, 0.29) is 0 Å². The van der Waals surface area contributed by atoms with E-state index in [4.69, 9.17) is 4.52 Å². The van der Waals surface area contributed by atoms with Gasteiger partial charge in [0.15, 0.2) is 0 Å². The van der Waals surface area contributed by atoms with Crippen LogP contribution in [0.3, 0.4) is 0 Å². The molecule has 1 rings (SSSR count). The standard InChI is InChI=1S/C8H13NO/c1-6(2)7(3)8-4-5-9-10-8/h4-7H,1-3H3. The highest BCUT2D eigenvalue weighted by Crippen LogP contribution is 2.22. The quantitative estimate of drug-likeness (QED) is 0.629. The molecule has 0 spiro atoms. The molecule has 0 aliphatic heterocycles. The monoisotopic (exact) mass is 139 g/mol. The summed E-state index contributed by atoms with van der Waals surface area (Å²) < 4.78 is 5.01. The Morgan fingerprint density at radius 2 is 2.10 bits per heavy atom. The lowest BCUT2D eigenvalue weighted by molar-refractivity contribution is 0.339. The fourth-order valence-electron chi connectivity index (χ4n) is 0.789. The van der Waals surface area contributed by atoms with E-state index < -0.39 is 0 Å².